The van der Waals surface area contributed by atoms with Gasteiger partial charge in [0.25, 0.3) is 0 Å². The maximum atomic E-state index is 5.06. The lowest BCUT2D eigenvalue weighted by Gasteiger charge is -2.33. The highest BCUT2D eigenvalue weighted by atomic mass is 32.1. The first-order valence-corrected chi connectivity index (χ1v) is 9.06. The molecule has 0 atom stereocenters. The lowest BCUT2D eigenvalue weighted by Crippen LogP contribution is -2.39. The van der Waals surface area contributed by atoms with Crippen molar-refractivity contribution in [3.63, 3.8) is 0 Å². The third-order valence-electron chi connectivity index (χ3n) is 4.10. The summed E-state index contributed by atoms with van der Waals surface area (Å²) in [6.45, 7) is 6.60. The molecule has 1 aliphatic heterocycles. The number of ether oxygens (including phenoxy) is 1. The van der Waals surface area contributed by atoms with Crippen molar-refractivity contribution in [1.29, 1.82) is 0 Å². The van der Waals surface area contributed by atoms with Crippen molar-refractivity contribution in [3.05, 3.63) is 23.4 Å². The van der Waals surface area contributed by atoms with E-state index in [2.05, 4.69) is 35.6 Å². The second-order valence-electron chi connectivity index (χ2n) is 6.08. The smallest absolute Gasteiger partial charge is 0.202 e. The summed E-state index contributed by atoms with van der Waals surface area (Å²) >= 11 is 1.43. The van der Waals surface area contributed by atoms with Crippen LogP contribution in [0.2, 0.25) is 0 Å². The minimum absolute atomic E-state index is 0.438. The maximum Gasteiger partial charge on any atom is 0.202 e. The molecule has 0 spiro atoms. The minimum Gasteiger partial charge on any atom is -0.384 e. The zero-order valence-electron chi connectivity index (χ0n) is 14.4. The number of anilines is 2. The van der Waals surface area contributed by atoms with Gasteiger partial charge >= 0.3 is 0 Å². The lowest BCUT2D eigenvalue weighted by atomic mass is 10.1. The summed E-state index contributed by atoms with van der Waals surface area (Å²) in [6, 6.07) is 2.50. The molecule has 0 radical (unpaired) electrons. The molecule has 0 unspecified atom stereocenters. The summed E-state index contributed by atoms with van der Waals surface area (Å²) in [5.74, 6) is 2.73. The van der Waals surface area contributed by atoms with Crippen molar-refractivity contribution < 1.29 is 4.74 Å². The standard InChI is InChI=1S/C16H24N6OS/c1-11-10-15(18-12(2)17-11)22-7-4-13(5-8-22)19-16-20-14(21-24-16)6-9-23-3/h10,13H,4-9H2,1-3H3,(H,19,20,21). The SMILES string of the molecule is COCCc1nsc(NC2CCN(c3cc(C)nc(C)n3)CC2)n1. The second kappa shape index (κ2) is 7.85. The van der Waals surface area contributed by atoms with E-state index in [1.807, 2.05) is 13.8 Å². The molecule has 1 fully saturated rings. The van der Waals surface area contributed by atoms with E-state index in [1.54, 1.807) is 7.11 Å². The molecule has 3 heterocycles. The van der Waals surface area contributed by atoms with Crippen molar-refractivity contribution in [2.75, 3.05) is 37.0 Å². The molecular weight excluding hydrogens is 324 g/mol. The van der Waals surface area contributed by atoms with Crippen LogP contribution in [-0.4, -0.2) is 52.2 Å². The number of piperidine rings is 1. The van der Waals surface area contributed by atoms with Crippen molar-refractivity contribution >= 4 is 22.5 Å². The van der Waals surface area contributed by atoms with Crippen molar-refractivity contribution in [2.24, 2.45) is 0 Å². The molecule has 0 bridgehead atoms. The van der Waals surface area contributed by atoms with Gasteiger partial charge in [-0.3, -0.25) is 0 Å². The highest BCUT2D eigenvalue weighted by Crippen LogP contribution is 2.22. The predicted molar refractivity (Wildman–Crippen MR) is 95.9 cm³/mol. The molecule has 1 saturated heterocycles. The van der Waals surface area contributed by atoms with Gasteiger partial charge in [-0.2, -0.15) is 4.37 Å². The van der Waals surface area contributed by atoms with E-state index in [1.165, 1.54) is 11.5 Å². The first-order valence-electron chi connectivity index (χ1n) is 8.29. The van der Waals surface area contributed by atoms with Gasteiger partial charge < -0.3 is 15.0 Å². The van der Waals surface area contributed by atoms with Crippen molar-refractivity contribution in [1.82, 2.24) is 19.3 Å². The molecule has 24 heavy (non-hydrogen) atoms. The summed E-state index contributed by atoms with van der Waals surface area (Å²) in [5, 5.41) is 4.43. The van der Waals surface area contributed by atoms with Crippen LogP contribution in [0.1, 0.15) is 30.2 Å². The predicted octanol–water partition coefficient (Wildman–Crippen LogP) is 2.21. The highest BCUT2D eigenvalue weighted by molar-refractivity contribution is 7.09. The van der Waals surface area contributed by atoms with E-state index in [-0.39, 0.29) is 0 Å². The van der Waals surface area contributed by atoms with Crippen molar-refractivity contribution in [2.45, 2.75) is 39.2 Å². The molecular formula is C16H24N6OS. The number of methoxy groups -OCH3 is 1. The zero-order chi connectivity index (χ0) is 16.9. The van der Waals surface area contributed by atoms with Crippen molar-refractivity contribution in [3.8, 4) is 0 Å². The molecule has 1 N–H and O–H groups in total. The first kappa shape index (κ1) is 17.0. The fourth-order valence-corrected chi connectivity index (χ4v) is 3.58. The van der Waals surface area contributed by atoms with Crippen LogP contribution in [0.5, 0.6) is 0 Å². The van der Waals surface area contributed by atoms with Gasteiger partial charge in [0, 0.05) is 56.0 Å². The quantitative estimate of drug-likeness (QED) is 0.857. The Bertz CT molecular complexity index is 648. The molecule has 0 saturated carbocycles. The van der Waals surface area contributed by atoms with E-state index < -0.39 is 0 Å². The Labute approximate surface area is 146 Å². The second-order valence-corrected chi connectivity index (χ2v) is 6.83. The number of aryl methyl sites for hydroxylation is 2. The van der Waals surface area contributed by atoms with E-state index in [9.17, 15) is 0 Å². The zero-order valence-corrected chi connectivity index (χ0v) is 15.3. The summed E-state index contributed by atoms with van der Waals surface area (Å²) < 4.78 is 9.43. The van der Waals surface area contributed by atoms with Gasteiger partial charge in [0.1, 0.15) is 17.5 Å². The Balaban J connectivity index is 1.52. The molecule has 130 valence electrons. The van der Waals surface area contributed by atoms with Gasteiger partial charge in [0.05, 0.1) is 6.61 Å². The number of nitrogens with one attached hydrogen (secondary N) is 1. The number of rotatable bonds is 6. The molecule has 7 nitrogen and oxygen atoms in total. The lowest BCUT2D eigenvalue weighted by molar-refractivity contribution is 0.201. The Hall–Kier alpha value is -1.80. The average Bonchev–Trinajstić information content (AvgIpc) is 3.00. The Kier molecular flexibility index (Phi) is 5.57. The number of hydrogen-bond donors (Lipinski definition) is 1. The summed E-state index contributed by atoms with van der Waals surface area (Å²) in [4.78, 5) is 15.8. The van der Waals surface area contributed by atoms with Crippen LogP contribution >= 0.6 is 11.5 Å². The molecule has 0 aliphatic carbocycles. The van der Waals surface area contributed by atoms with E-state index in [0.29, 0.717) is 12.6 Å². The largest absolute Gasteiger partial charge is 0.384 e. The van der Waals surface area contributed by atoms with Gasteiger partial charge in [-0.05, 0) is 26.7 Å². The molecule has 1 aliphatic rings. The van der Waals surface area contributed by atoms with Crippen LogP contribution in [0.3, 0.4) is 0 Å². The van der Waals surface area contributed by atoms with Crippen LogP contribution in [0.4, 0.5) is 10.9 Å². The highest BCUT2D eigenvalue weighted by Gasteiger charge is 2.21. The topological polar surface area (TPSA) is 76.1 Å². The number of aromatic nitrogens is 4. The molecule has 3 rings (SSSR count). The van der Waals surface area contributed by atoms with Crippen LogP contribution in [0.25, 0.3) is 0 Å². The van der Waals surface area contributed by atoms with Gasteiger partial charge in [0.15, 0.2) is 0 Å². The van der Waals surface area contributed by atoms with Crippen LogP contribution in [0, 0.1) is 13.8 Å². The molecule has 0 aromatic carbocycles. The van der Waals surface area contributed by atoms with Crippen LogP contribution in [-0.2, 0) is 11.2 Å². The van der Waals surface area contributed by atoms with Gasteiger partial charge in [0.2, 0.25) is 5.13 Å². The van der Waals surface area contributed by atoms with E-state index >= 15 is 0 Å². The molecule has 8 heteroatoms. The first-order chi connectivity index (χ1) is 11.6. The number of nitrogens with zero attached hydrogens (tertiary/aromatic N) is 5. The fourth-order valence-electron chi connectivity index (χ4n) is 2.89. The van der Waals surface area contributed by atoms with E-state index in [0.717, 1.165) is 60.6 Å². The summed E-state index contributed by atoms with van der Waals surface area (Å²) in [5.41, 5.74) is 1.02. The number of hydrogen-bond acceptors (Lipinski definition) is 8. The Morgan fingerprint density at radius 2 is 2.04 bits per heavy atom. The fraction of sp³-hybridized carbons (Fsp3) is 0.625. The Morgan fingerprint density at radius 3 is 2.75 bits per heavy atom. The summed E-state index contributed by atoms with van der Waals surface area (Å²) in [7, 11) is 1.69. The normalized spacial score (nSPS) is 15.7. The van der Waals surface area contributed by atoms with Gasteiger partial charge in [-0.15, -0.1) is 0 Å². The monoisotopic (exact) mass is 348 g/mol. The van der Waals surface area contributed by atoms with Crippen LogP contribution in [0.15, 0.2) is 6.07 Å². The van der Waals surface area contributed by atoms with Gasteiger partial charge in [-0.25, -0.2) is 15.0 Å². The van der Waals surface area contributed by atoms with E-state index in [4.69, 9.17) is 4.74 Å². The third kappa shape index (κ3) is 4.39. The third-order valence-corrected chi connectivity index (χ3v) is 4.78. The molecule has 2 aromatic heterocycles. The van der Waals surface area contributed by atoms with Crippen LogP contribution < -0.4 is 10.2 Å². The maximum absolute atomic E-state index is 5.06. The molecule has 2 aromatic rings. The minimum atomic E-state index is 0.438. The molecule has 0 amide bonds. The summed E-state index contributed by atoms with van der Waals surface area (Å²) in [6.07, 6.45) is 2.89. The van der Waals surface area contributed by atoms with Gasteiger partial charge in [-0.1, -0.05) is 0 Å². The Morgan fingerprint density at radius 1 is 1.25 bits per heavy atom. The average molecular weight is 348 g/mol.